The third-order valence-electron chi connectivity index (χ3n) is 4.43. The van der Waals surface area contributed by atoms with Gasteiger partial charge in [-0.05, 0) is 50.0 Å². The normalized spacial score (nSPS) is 16.6. The van der Waals surface area contributed by atoms with Gasteiger partial charge in [0.1, 0.15) is 12.4 Å². The summed E-state index contributed by atoms with van der Waals surface area (Å²) in [5.41, 5.74) is 4.21. The molecular weight excluding hydrogens is 355 g/mol. The topological polar surface area (TPSA) is 15.7 Å². The highest BCUT2D eigenvalue weighted by Crippen LogP contribution is 2.34. The maximum atomic E-state index is 5.90. The number of likely N-dealkylation sites (N-methyl/N-ethyl adjacent to an activating group) is 2. The number of hydrogen-bond donors (Lipinski definition) is 0. The van der Waals surface area contributed by atoms with E-state index < -0.39 is 0 Å². The summed E-state index contributed by atoms with van der Waals surface area (Å²) >= 11 is 0. The highest BCUT2D eigenvalue weighted by atomic mass is 35.5. The standard InChI is InChI=1S/C20H26N2O.2ClH/c1-21(2)11-12-23-18-9-10-19-17(13-18)14-22(3)15-20(19)16-7-5-4-6-8-16;;/h4-10,13,20H,11-12,14-15H2,1-3H3;2*1H. The van der Waals surface area contributed by atoms with Gasteiger partial charge in [-0.25, -0.2) is 0 Å². The van der Waals surface area contributed by atoms with Crippen molar-refractivity contribution in [1.29, 1.82) is 0 Å². The molecule has 2 aromatic carbocycles. The molecule has 2 aromatic rings. The Balaban J connectivity index is 0.00000156. The lowest BCUT2D eigenvalue weighted by Gasteiger charge is -2.33. The van der Waals surface area contributed by atoms with Gasteiger partial charge in [0.25, 0.3) is 0 Å². The lowest BCUT2D eigenvalue weighted by atomic mass is 9.85. The molecule has 1 aliphatic heterocycles. The van der Waals surface area contributed by atoms with Gasteiger partial charge in [-0.3, -0.25) is 0 Å². The molecule has 0 radical (unpaired) electrons. The average molecular weight is 383 g/mol. The molecule has 5 heteroatoms. The van der Waals surface area contributed by atoms with Crippen LogP contribution in [-0.2, 0) is 6.54 Å². The van der Waals surface area contributed by atoms with Crippen molar-refractivity contribution in [3.63, 3.8) is 0 Å². The van der Waals surface area contributed by atoms with E-state index in [1.54, 1.807) is 0 Å². The fraction of sp³-hybridized carbons (Fsp3) is 0.400. The Morgan fingerprint density at radius 2 is 1.80 bits per heavy atom. The molecule has 138 valence electrons. The predicted octanol–water partition coefficient (Wildman–Crippen LogP) is 4.05. The molecule has 0 fully saturated rings. The summed E-state index contributed by atoms with van der Waals surface area (Å²) in [6, 6.07) is 17.4. The molecule has 0 N–H and O–H groups in total. The third-order valence-corrected chi connectivity index (χ3v) is 4.43. The highest BCUT2D eigenvalue weighted by Gasteiger charge is 2.24. The second-order valence-electron chi connectivity index (χ2n) is 6.67. The van der Waals surface area contributed by atoms with Gasteiger partial charge >= 0.3 is 0 Å². The number of ether oxygens (including phenoxy) is 1. The lowest BCUT2D eigenvalue weighted by Crippen LogP contribution is -2.31. The summed E-state index contributed by atoms with van der Waals surface area (Å²) in [6.07, 6.45) is 0. The lowest BCUT2D eigenvalue weighted by molar-refractivity contribution is 0.259. The minimum atomic E-state index is 0. The van der Waals surface area contributed by atoms with E-state index in [0.717, 1.165) is 32.0 Å². The smallest absolute Gasteiger partial charge is 0.119 e. The monoisotopic (exact) mass is 382 g/mol. The van der Waals surface area contributed by atoms with Crippen molar-refractivity contribution in [2.24, 2.45) is 0 Å². The molecule has 1 atom stereocenters. The Labute approximate surface area is 163 Å². The van der Waals surface area contributed by atoms with Crippen LogP contribution >= 0.6 is 24.8 Å². The van der Waals surface area contributed by atoms with E-state index in [9.17, 15) is 0 Å². The molecule has 0 aromatic heterocycles. The molecule has 1 unspecified atom stereocenters. The number of nitrogens with zero attached hydrogens (tertiary/aromatic N) is 2. The van der Waals surface area contributed by atoms with Crippen LogP contribution in [0.15, 0.2) is 48.5 Å². The Bertz CT molecular complexity index is 649. The van der Waals surface area contributed by atoms with Gasteiger partial charge in [0, 0.05) is 25.6 Å². The fourth-order valence-corrected chi connectivity index (χ4v) is 3.23. The van der Waals surface area contributed by atoms with Gasteiger partial charge in [0.15, 0.2) is 0 Å². The van der Waals surface area contributed by atoms with Crippen molar-refractivity contribution in [2.75, 3.05) is 40.8 Å². The molecule has 3 nitrogen and oxygen atoms in total. The second-order valence-corrected chi connectivity index (χ2v) is 6.67. The van der Waals surface area contributed by atoms with Crippen molar-refractivity contribution in [3.05, 3.63) is 65.2 Å². The molecule has 0 bridgehead atoms. The molecule has 0 saturated carbocycles. The largest absolute Gasteiger partial charge is 0.492 e. The summed E-state index contributed by atoms with van der Waals surface area (Å²) in [6.45, 7) is 3.72. The van der Waals surface area contributed by atoms with Crippen molar-refractivity contribution < 1.29 is 4.74 Å². The molecule has 0 aliphatic carbocycles. The molecule has 0 saturated heterocycles. The van der Waals surface area contributed by atoms with Crippen LogP contribution in [0, 0.1) is 0 Å². The molecule has 25 heavy (non-hydrogen) atoms. The average Bonchev–Trinajstić information content (AvgIpc) is 2.54. The molecule has 0 amide bonds. The first-order valence-corrected chi connectivity index (χ1v) is 8.27. The van der Waals surface area contributed by atoms with E-state index in [1.807, 2.05) is 0 Å². The van der Waals surface area contributed by atoms with Crippen molar-refractivity contribution >= 4 is 24.8 Å². The summed E-state index contributed by atoms with van der Waals surface area (Å²) in [4.78, 5) is 4.53. The van der Waals surface area contributed by atoms with Gasteiger partial charge < -0.3 is 14.5 Å². The minimum Gasteiger partial charge on any atom is -0.492 e. The molecule has 1 heterocycles. The number of benzene rings is 2. The summed E-state index contributed by atoms with van der Waals surface area (Å²) in [5, 5.41) is 0. The van der Waals surface area contributed by atoms with Crippen LogP contribution < -0.4 is 4.74 Å². The van der Waals surface area contributed by atoms with Crippen molar-refractivity contribution in [1.82, 2.24) is 9.80 Å². The third kappa shape index (κ3) is 5.61. The van der Waals surface area contributed by atoms with E-state index in [-0.39, 0.29) is 24.8 Å². The maximum Gasteiger partial charge on any atom is 0.119 e. The number of hydrogen-bond acceptors (Lipinski definition) is 3. The van der Waals surface area contributed by atoms with E-state index in [1.165, 1.54) is 16.7 Å². The zero-order chi connectivity index (χ0) is 16.2. The van der Waals surface area contributed by atoms with Gasteiger partial charge in [-0.1, -0.05) is 36.4 Å². The zero-order valence-corrected chi connectivity index (χ0v) is 16.8. The quantitative estimate of drug-likeness (QED) is 0.775. The zero-order valence-electron chi connectivity index (χ0n) is 15.1. The van der Waals surface area contributed by atoms with E-state index in [0.29, 0.717) is 5.92 Å². The Morgan fingerprint density at radius 3 is 2.48 bits per heavy atom. The van der Waals surface area contributed by atoms with Crippen LogP contribution in [0.25, 0.3) is 0 Å². The molecule has 3 rings (SSSR count). The first kappa shape index (κ1) is 21.8. The number of halogens is 2. The summed E-state index contributed by atoms with van der Waals surface area (Å²) in [7, 11) is 6.32. The molecular formula is C20H28Cl2N2O. The summed E-state index contributed by atoms with van der Waals surface area (Å²) in [5.74, 6) is 1.42. The fourth-order valence-electron chi connectivity index (χ4n) is 3.23. The van der Waals surface area contributed by atoms with Crippen LogP contribution in [0.4, 0.5) is 0 Å². The Hall–Kier alpha value is -1.26. The second kappa shape index (κ2) is 10.0. The van der Waals surface area contributed by atoms with E-state index in [4.69, 9.17) is 4.74 Å². The SMILES string of the molecule is CN(C)CCOc1ccc2c(c1)CN(C)CC2c1ccccc1.Cl.Cl. The van der Waals surface area contributed by atoms with E-state index >= 15 is 0 Å². The number of rotatable bonds is 5. The Morgan fingerprint density at radius 1 is 1.08 bits per heavy atom. The van der Waals surface area contributed by atoms with Crippen LogP contribution in [0.2, 0.25) is 0 Å². The van der Waals surface area contributed by atoms with Crippen LogP contribution in [0.1, 0.15) is 22.6 Å². The first-order valence-electron chi connectivity index (χ1n) is 8.27. The van der Waals surface area contributed by atoms with Gasteiger partial charge in [0.05, 0.1) is 0 Å². The summed E-state index contributed by atoms with van der Waals surface area (Å²) < 4.78 is 5.90. The van der Waals surface area contributed by atoms with E-state index in [2.05, 4.69) is 79.5 Å². The van der Waals surface area contributed by atoms with Crippen molar-refractivity contribution in [2.45, 2.75) is 12.5 Å². The maximum absolute atomic E-state index is 5.90. The van der Waals surface area contributed by atoms with Crippen molar-refractivity contribution in [3.8, 4) is 5.75 Å². The van der Waals surface area contributed by atoms with Crippen LogP contribution in [-0.4, -0.2) is 50.6 Å². The molecule has 0 spiro atoms. The number of fused-ring (bicyclic) bond motifs is 1. The Kier molecular flexibility index (Phi) is 8.74. The first-order chi connectivity index (χ1) is 11.1. The predicted molar refractivity (Wildman–Crippen MR) is 110 cm³/mol. The minimum absolute atomic E-state index is 0. The van der Waals surface area contributed by atoms with Gasteiger partial charge in [-0.2, -0.15) is 0 Å². The van der Waals surface area contributed by atoms with Gasteiger partial charge in [-0.15, -0.1) is 24.8 Å². The highest BCUT2D eigenvalue weighted by molar-refractivity contribution is 5.85. The molecule has 1 aliphatic rings. The van der Waals surface area contributed by atoms with Crippen LogP contribution in [0.5, 0.6) is 5.75 Å². The van der Waals surface area contributed by atoms with Crippen LogP contribution in [0.3, 0.4) is 0 Å². The van der Waals surface area contributed by atoms with Gasteiger partial charge in [0.2, 0.25) is 0 Å².